The minimum absolute atomic E-state index is 0.0922. The Morgan fingerprint density at radius 2 is 2.11 bits per heavy atom. The molecule has 6 heteroatoms. The highest BCUT2D eigenvalue weighted by Crippen LogP contribution is 2.29. The normalized spacial score (nSPS) is 11.6. The van der Waals surface area contributed by atoms with Crippen LogP contribution in [0.3, 0.4) is 0 Å². The summed E-state index contributed by atoms with van der Waals surface area (Å²) < 4.78 is 11.2. The summed E-state index contributed by atoms with van der Waals surface area (Å²) in [7, 11) is 0. The molecule has 0 aliphatic heterocycles. The van der Waals surface area contributed by atoms with Crippen LogP contribution in [0.15, 0.2) is 38.9 Å². The van der Waals surface area contributed by atoms with Gasteiger partial charge in [-0.15, -0.1) is 10.2 Å². The lowest BCUT2D eigenvalue weighted by molar-refractivity contribution is 0.338. The Labute approximate surface area is 110 Å². The number of rotatable bonds is 4. The number of furan rings is 1. The van der Waals surface area contributed by atoms with Gasteiger partial charge in [0.05, 0.1) is 6.61 Å². The Morgan fingerprint density at radius 1 is 1.32 bits per heavy atom. The first-order valence-corrected chi connectivity index (χ1v) is 5.90. The fourth-order valence-electron chi connectivity index (χ4n) is 1.67. The standard InChI is InChI=1S/C13H16N4O2/c1-3-18-10-6-4-5-9-7-11(19-12(9)10)8(2)16-17-13(14)15/h4-7H,3H2,1-2H3,(H4,14,15,17)/b16-8-. The summed E-state index contributed by atoms with van der Waals surface area (Å²) in [6.07, 6.45) is 0. The molecule has 0 unspecified atom stereocenters. The summed E-state index contributed by atoms with van der Waals surface area (Å²) in [4.78, 5) is 0. The van der Waals surface area contributed by atoms with Gasteiger partial charge in [-0.05, 0) is 26.0 Å². The molecule has 19 heavy (non-hydrogen) atoms. The summed E-state index contributed by atoms with van der Waals surface area (Å²) in [5.74, 6) is 1.22. The minimum Gasteiger partial charge on any atom is -0.490 e. The van der Waals surface area contributed by atoms with E-state index in [1.807, 2.05) is 31.2 Å². The molecule has 0 aliphatic rings. The molecule has 0 aliphatic carbocycles. The van der Waals surface area contributed by atoms with Gasteiger partial charge in [0.15, 0.2) is 17.1 Å². The molecule has 6 nitrogen and oxygen atoms in total. The molecule has 0 spiro atoms. The lowest BCUT2D eigenvalue weighted by Crippen LogP contribution is -2.22. The summed E-state index contributed by atoms with van der Waals surface area (Å²) in [6, 6.07) is 7.59. The molecular weight excluding hydrogens is 244 g/mol. The molecule has 0 saturated heterocycles. The van der Waals surface area contributed by atoms with Crippen molar-refractivity contribution >= 4 is 22.6 Å². The van der Waals surface area contributed by atoms with Gasteiger partial charge in [-0.2, -0.15) is 0 Å². The van der Waals surface area contributed by atoms with Crippen molar-refractivity contribution in [1.82, 2.24) is 0 Å². The molecule has 0 saturated carbocycles. The highest BCUT2D eigenvalue weighted by Gasteiger charge is 2.10. The van der Waals surface area contributed by atoms with Crippen LogP contribution in [0.5, 0.6) is 5.75 Å². The van der Waals surface area contributed by atoms with Crippen molar-refractivity contribution in [3.8, 4) is 5.75 Å². The Hall–Kier alpha value is -2.50. The van der Waals surface area contributed by atoms with Gasteiger partial charge in [0.2, 0.25) is 5.96 Å². The molecule has 1 aromatic heterocycles. The largest absolute Gasteiger partial charge is 0.490 e. The van der Waals surface area contributed by atoms with Gasteiger partial charge in [-0.1, -0.05) is 12.1 Å². The SMILES string of the molecule is CCOc1cccc2cc(/C(C)=N\N=C(N)N)oc12. The number of hydrogen-bond acceptors (Lipinski definition) is 4. The van der Waals surface area contributed by atoms with Gasteiger partial charge in [0.1, 0.15) is 5.71 Å². The maximum absolute atomic E-state index is 5.74. The zero-order valence-electron chi connectivity index (χ0n) is 10.9. The van der Waals surface area contributed by atoms with Gasteiger partial charge in [-0.3, -0.25) is 0 Å². The lowest BCUT2D eigenvalue weighted by Gasteiger charge is -2.02. The molecule has 100 valence electrons. The van der Waals surface area contributed by atoms with E-state index >= 15 is 0 Å². The smallest absolute Gasteiger partial charge is 0.211 e. The third kappa shape index (κ3) is 2.85. The highest BCUT2D eigenvalue weighted by atomic mass is 16.5. The first-order chi connectivity index (χ1) is 9.11. The van der Waals surface area contributed by atoms with Gasteiger partial charge < -0.3 is 20.6 Å². The number of para-hydroxylation sites is 1. The van der Waals surface area contributed by atoms with Gasteiger partial charge >= 0.3 is 0 Å². The van der Waals surface area contributed by atoms with E-state index < -0.39 is 0 Å². The molecule has 0 radical (unpaired) electrons. The molecule has 2 aromatic rings. The van der Waals surface area contributed by atoms with Crippen molar-refractivity contribution in [2.75, 3.05) is 6.61 Å². The molecule has 4 N–H and O–H groups in total. The van der Waals surface area contributed by atoms with Crippen LogP contribution >= 0.6 is 0 Å². The maximum atomic E-state index is 5.74. The Balaban J connectivity index is 2.44. The predicted octanol–water partition coefficient (Wildman–Crippen LogP) is 1.83. The topological polar surface area (TPSA) is 99.1 Å². The van der Waals surface area contributed by atoms with Crippen molar-refractivity contribution in [3.63, 3.8) is 0 Å². The van der Waals surface area contributed by atoms with Crippen molar-refractivity contribution in [1.29, 1.82) is 0 Å². The van der Waals surface area contributed by atoms with Crippen LogP contribution in [0.4, 0.5) is 0 Å². The third-order valence-electron chi connectivity index (χ3n) is 2.48. The predicted molar refractivity (Wildman–Crippen MR) is 75.4 cm³/mol. The molecule has 0 atom stereocenters. The maximum Gasteiger partial charge on any atom is 0.211 e. The Kier molecular flexibility index (Phi) is 3.70. The van der Waals surface area contributed by atoms with Gasteiger partial charge in [0.25, 0.3) is 0 Å². The fourth-order valence-corrected chi connectivity index (χ4v) is 1.67. The third-order valence-corrected chi connectivity index (χ3v) is 2.48. The number of hydrogen-bond donors (Lipinski definition) is 2. The minimum atomic E-state index is -0.0922. The number of benzene rings is 1. The van der Waals surface area contributed by atoms with Crippen molar-refractivity contribution in [2.24, 2.45) is 21.7 Å². The average molecular weight is 260 g/mol. The molecule has 0 fully saturated rings. The summed E-state index contributed by atoms with van der Waals surface area (Å²) >= 11 is 0. The Morgan fingerprint density at radius 3 is 2.79 bits per heavy atom. The van der Waals surface area contributed by atoms with Crippen LogP contribution in [0, 0.1) is 0 Å². The number of guanidine groups is 1. The van der Waals surface area contributed by atoms with Crippen LogP contribution in [-0.2, 0) is 0 Å². The van der Waals surface area contributed by atoms with E-state index in [-0.39, 0.29) is 5.96 Å². The lowest BCUT2D eigenvalue weighted by atomic mass is 10.2. The molecule has 0 amide bonds. The zero-order valence-corrected chi connectivity index (χ0v) is 10.9. The van der Waals surface area contributed by atoms with E-state index in [1.165, 1.54) is 0 Å². The molecule has 1 aromatic carbocycles. The monoisotopic (exact) mass is 260 g/mol. The molecule has 1 heterocycles. The number of nitrogens with zero attached hydrogens (tertiary/aromatic N) is 2. The summed E-state index contributed by atoms with van der Waals surface area (Å²) in [6.45, 7) is 4.27. The van der Waals surface area contributed by atoms with E-state index in [9.17, 15) is 0 Å². The van der Waals surface area contributed by atoms with E-state index in [2.05, 4.69) is 10.2 Å². The molecule has 0 bridgehead atoms. The van der Waals surface area contributed by atoms with E-state index in [0.717, 1.165) is 5.39 Å². The Bertz CT molecular complexity index is 639. The molecule has 2 rings (SSSR count). The fraction of sp³-hybridized carbons (Fsp3) is 0.231. The van der Waals surface area contributed by atoms with E-state index in [0.29, 0.717) is 29.4 Å². The van der Waals surface area contributed by atoms with E-state index in [4.69, 9.17) is 20.6 Å². The number of ether oxygens (including phenoxy) is 1. The highest BCUT2D eigenvalue weighted by molar-refractivity contribution is 6.00. The first kappa shape index (κ1) is 12.9. The average Bonchev–Trinajstić information content (AvgIpc) is 2.81. The van der Waals surface area contributed by atoms with Crippen molar-refractivity contribution < 1.29 is 9.15 Å². The van der Waals surface area contributed by atoms with Crippen LogP contribution in [0.1, 0.15) is 19.6 Å². The second kappa shape index (κ2) is 5.43. The van der Waals surface area contributed by atoms with Crippen molar-refractivity contribution in [2.45, 2.75) is 13.8 Å². The summed E-state index contributed by atoms with van der Waals surface area (Å²) in [5.41, 5.74) is 11.7. The molecular formula is C13H16N4O2. The first-order valence-electron chi connectivity index (χ1n) is 5.90. The van der Waals surface area contributed by atoms with Gasteiger partial charge in [0, 0.05) is 5.39 Å². The van der Waals surface area contributed by atoms with E-state index in [1.54, 1.807) is 6.92 Å². The van der Waals surface area contributed by atoms with Crippen molar-refractivity contribution in [3.05, 3.63) is 30.0 Å². The van der Waals surface area contributed by atoms with Gasteiger partial charge in [-0.25, -0.2) is 0 Å². The number of fused-ring (bicyclic) bond motifs is 1. The summed E-state index contributed by atoms with van der Waals surface area (Å²) in [5, 5.41) is 8.43. The van der Waals surface area contributed by atoms with Crippen LogP contribution in [0.25, 0.3) is 11.0 Å². The quantitative estimate of drug-likeness (QED) is 0.497. The zero-order chi connectivity index (χ0) is 13.8. The van der Waals surface area contributed by atoms with Crippen LogP contribution < -0.4 is 16.2 Å². The number of nitrogens with two attached hydrogens (primary N) is 2. The second-order valence-corrected chi connectivity index (χ2v) is 3.93. The van der Waals surface area contributed by atoms with Crippen LogP contribution in [0.2, 0.25) is 0 Å². The second-order valence-electron chi connectivity index (χ2n) is 3.93. The van der Waals surface area contributed by atoms with Crippen LogP contribution in [-0.4, -0.2) is 18.3 Å².